The predicted molar refractivity (Wildman–Crippen MR) is 134 cm³/mol. The molecule has 0 saturated carbocycles. The van der Waals surface area contributed by atoms with Gasteiger partial charge in [-0.15, -0.1) is 0 Å². The van der Waals surface area contributed by atoms with Crippen molar-refractivity contribution in [3.63, 3.8) is 0 Å². The lowest BCUT2D eigenvalue weighted by Crippen LogP contribution is -2.55. The molecule has 0 bridgehead atoms. The van der Waals surface area contributed by atoms with E-state index in [-0.39, 0.29) is 11.9 Å². The summed E-state index contributed by atoms with van der Waals surface area (Å²) < 4.78 is 0. The van der Waals surface area contributed by atoms with Crippen molar-refractivity contribution in [1.82, 2.24) is 20.2 Å². The molecular weight excluding hydrogens is 418 g/mol. The number of piperazine rings is 1. The number of benzene rings is 1. The van der Waals surface area contributed by atoms with Crippen LogP contribution in [0.15, 0.2) is 36.7 Å². The predicted octanol–water partition coefficient (Wildman–Crippen LogP) is 4.68. The van der Waals surface area contributed by atoms with Gasteiger partial charge in [-0.25, -0.2) is 4.98 Å². The number of hydrogen-bond acceptors (Lipinski definition) is 5. The van der Waals surface area contributed by atoms with E-state index in [4.69, 9.17) is 0 Å². The molecule has 7 heteroatoms. The molecule has 4 rings (SSSR count). The number of unbranched alkanes of at least 4 members (excludes halogenated alkanes) is 1. The molecule has 3 unspecified atom stereocenters. The van der Waals surface area contributed by atoms with Gasteiger partial charge in [0.1, 0.15) is 4.88 Å². The number of likely N-dealkylation sites (N-methyl/N-ethyl adjacent to an activating group) is 1. The highest BCUT2D eigenvalue weighted by Gasteiger charge is 2.28. The van der Waals surface area contributed by atoms with Crippen LogP contribution in [0.5, 0.6) is 0 Å². The van der Waals surface area contributed by atoms with Crippen molar-refractivity contribution in [2.45, 2.75) is 64.6 Å². The lowest BCUT2D eigenvalue weighted by atomic mass is 10.0. The zero-order chi connectivity index (χ0) is 22.7. The summed E-state index contributed by atoms with van der Waals surface area (Å²) in [5, 5.41) is 5.49. The third kappa shape index (κ3) is 4.99. The van der Waals surface area contributed by atoms with Crippen LogP contribution in [0.1, 0.15) is 55.3 Å². The van der Waals surface area contributed by atoms with Crippen molar-refractivity contribution >= 4 is 33.3 Å². The highest BCUT2D eigenvalue weighted by Crippen LogP contribution is 2.27. The number of aromatic nitrogens is 2. The van der Waals surface area contributed by atoms with Crippen molar-refractivity contribution in [2.75, 3.05) is 25.0 Å². The van der Waals surface area contributed by atoms with E-state index in [2.05, 4.69) is 77.3 Å². The SMILES string of the molecule is CCCCC(Cc1c[nH]c2ccccc12)NC(=O)c1cnc(N2CC(C)N(C)C(C)C2)s1. The first kappa shape index (κ1) is 22.8. The second-order valence-corrected chi connectivity index (χ2v) is 10.2. The molecule has 3 heterocycles. The van der Waals surface area contributed by atoms with Crippen molar-refractivity contribution in [3.8, 4) is 0 Å². The van der Waals surface area contributed by atoms with E-state index >= 15 is 0 Å². The minimum Gasteiger partial charge on any atom is -0.361 e. The van der Waals surface area contributed by atoms with Gasteiger partial charge in [-0.2, -0.15) is 0 Å². The number of rotatable bonds is 8. The maximum Gasteiger partial charge on any atom is 0.263 e. The summed E-state index contributed by atoms with van der Waals surface area (Å²) in [4.78, 5) is 26.5. The molecule has 1 aliphatic heterocycles. The summed E-state index contributed by atoms with van der Waals surface area (Å²) in [6, 6.07) is 9.39. The quantitative estimate of drug-likeness (QED) is 0.520. The first-order valence-corrected chi connectivity index (χ1v) is 12.6. The van der Waals surface area contributed by atoms with Crippen LogP contribution in [0.25, 0.3) is 10.9 Å². The molecule has 1 amide bonds. The van der Waals surface area contributed by atoms with E-state index in [1.54, 1.807) is 6.20 Å². The Morgan fingerprint density at radius 2 is 2.03 bits per heavy atom. The van der Waals surface area contributed by atoms with Gasteiger partial charge in [-0.3, -0.25) is 9.69 Å². The van der Waals surface area contributed by atoms with Crippen LogP contribution < -0.4 is 10.2 Å². The summed E-state index contributed by atoms with van der Waals surface area (Å²) in [5.74, 6) is -0.00933. The van der Waals surface area contributed by atoms with Gasteiger partial charge in [0.25, 0.3) is 5.91 Å². The molecule has 0 spiro atoms. The van der Waals surface area contributed by atoms with E-state index < -0.39 is 0 Å². The zero-order valence-corrected chi connectivity index (χ0v) is 20.4. The largest absolute Gasteiger partial charge is 0.361 e. The van der Waals surface area contributed by atoms with Gasteiger partial charge < -0.3 is 15.2 Å². The van der Waals surface area contributed by atoms with Gasteiger partial charge in [0, 0.05) is 48.3 Å². The lowest BCUT2D eigenvalue weighted by molar-refractivity contribution is 0.0938. The Bertz CT molecular complexity index is 1030. The monoisotopic (exact) mass is 453 g/mol. The van der Waals surface area contributed by atoms with Crippen LogP contribution in [0.2, 0.25) is 0 Å². The molecule has 1 aromatic carbocycles. The highest BCUT2D eigenvalue weighted by molar-refractivity contribution is 7.17. The molecule has 0 aliphatic carbocycles. The van der Waals surface area contributed by atoms with Crippen LogP contribution in [-0.2, 0) is 6.42 Å². The van der Waals surface area contributed by atoms with E-state index in [1.807, 2.05) is 6.07 Å². The molecule has 1 aliphatic rings. The van der Waals surface area contributed by atoms with Gasteiger partial charge in [-0.1, -0.05) is 49.3 Å². The van der Waals surface area contributed by atoms with Crippen LogP contribution in [0.4, 0.5) is 5.13 Å². The summed E-state index contributed by atoms with van der Waals surface area (Å²) in [5.41, 5.74) is 2.40. The number of nitrogens with one attached hydrogen (secondary N) is 2. The van der Waals surface area contributed by atoms with Gasteiger partial charge in [0.15, 0.2) is 5.13 Å². The number of aromatic amines is 1. The molecule has 2 N–H and O–H groups in total. The average molecular weight is 454 g/mol. The molecule has 32 heavy (non-hydrogen) atoms. The fourth-order valence-electron chi connectivity index (χ4n) is 4.57. The van der Waals surface area contributed by atoms with Crippen LogP contribution >= 0.6 is 11.3 Å². The second kappa shape index (κ2) is 10.0. The van der Waals surface area contributed by atoms with Crippen molar-refractivity contribution < 1.29 is 4.79 Å². The standard InChI is InChI=1S/C25H35N5OS/c1-5-6-9-20(12-19-13-26-22-11-8-7-10-21(19)22)28-24(31)23-14-27-25(32-23)30-15-17(2)29(4)18(3)16-30/h7-8,10-11,13-14,17-18,20,26H,5-6,9,12,15-16H2,1-4H3,(H,28,31). The van der Waals surface area contributed by atoms with Gasteiger partial charge in [0.2, 0.25) is 0 Å². The number of carbonyl (C=O) groups is 1. The molecule has 6 nitrogen and oxygen atoms in total. The first-order valence-electron chi connectivity index (χ1n) is 11.7. The second-order valence-electron chi connectivity index (χ2n) is 9.15. The van der Waals surface area contributed by atoms with Gasteiger partial charge in [0.05, 0.1) is 6.20 Å². The minimum absolute atomic E-state index is 0.00933. The number of carbonyl (C=O) groups excluding carboxylic acids is 1. The molecule has 3 aromatic rings. The summed E-state index contributed by atoms with van der Waals surface area (Å²) in [6.07, 6.45) is 7.83. The van der Waals surface area contributed by atoms with Crippen molar-refractivity contribution in [1.29, 1.82) is 0 Å². The molecular formula is C25H35N5OS. The lowest BCUT2D eigenvalue weighted by Gasteiger charge is -2.42. The normalized spacial score (nSPS) is 20.6. The summed E-state index contributed by atoms with van der Waals surface area (Å²) >= 11 is 1.51. The number of nitrogens with zero attached hydrogens (tertiary/aromatic N) is 3. The highest BCUT2D eigenvalue weighted by atomic mass is 32.1. The van der Waals surface area contributed by atoms with Crippen LogP contribution in [-0.4, -0.2) is 59.0 Å². The van der Waals surface area contributed by atoms with Crippen LogP contribution in [0.3, 0.4) is 0 Å². The Hall–Kier alpha value is -2.38. The number of amides is 1. The fraction of sp³-hybridized carbons (Fsp3) is 0.520. The number of hydrogen-bond donors (Lipinski definition) is 2. The zero-order valence-electron chi connectivity index (χ0n) is 19.6. The maximum atomic E-state index is 13.1. The van der Waals surface area contributed by atoms with E-state index in [1.165, 1.54) is 22.3 Å². The minimum atomic E-state index is -0.00933. The van der Waals surface area contributed by atoms with Gasteiger partial charge >= 0.3 is 0 Å². The maximum absolute atomic E-state index is 13.1. The van der Waals surface area contributed by atoms with Crippen molar-refractivity contribution in [2.24, 2.45) is 0 Å². The number of para-hydroxylation sites is 1. The van der Waals surface area contributed by atoms with E-state index in [0.29, 0.717) is 17.0 Å². The molecule has 3 atom stereocenters. The average Bonchev–Trinajstić information content (AvgIpc) is 3.43. The Kier molecular flexibility index (Phi) is 7.16. The molecule has 0 radical (unpaired) electrons. The van der Waals surface area contributed by atoms with E-state index in [0.717, 1.165) is 49.4 Å². The number of thiazole rings is 1. The number of anilines is 1. The molecule has 2 aromatic heterocycles. The molecule has 1 fully saturated rings. The molecule has 172 valence electrons. The Morgan fingerprint density at radius 3 is 2.78 bits per heavy atom. The first-order chi connectivity index (χ1) is 15.5. The Balaban J connectivity index is 1.44. The van der Waals surface area contributed by atoms with Gasteiger partial charge in [-0.05, 0) is 45.4 Å². The third-order valence-corrected chi connectivity index (χ3v) is 7.79. The van der Waals surface area contributed by atoms with E-state index in [9.17, 15) is 4.79 Å². The smallest absolute Gasteiger partial charge is 0.263 e. The third-order valence-electron chi connectivity index (χ3n) is 6.73. The number of fused-ring (bicyclic) bond motifs is 1. The Morgan fingerprint density at radius 1 is 1.28 bits per heavy atom. The summed E-state index contributed by atoms with van der Waals surface area (Å²) in [6.45, 7) is 8.56. The summed E-state index contributed by atoms with van der Waals surface area (Å²) in [7, 11) is 2.18. The van der Waals surface area contributed by atoms with Crippen molar-refractivity contribution in [3.05, 3.63) is 47.1 Å². The molecule has 1 saturated heterocycles. The van der Waals surface area contributed by atoms with Crippen LogP contribution in [0, 0.1) is 0 Å². The number of H-pyrrole nitrogens is 1. The topological polar surface area (TPSA) is 64.3 Å². The Labute approximate surface area is 195 Å². The fourth-order valence-corrected chi connectivity index (χ4v) is 5.41.